The number of fused-ring (bicyclic) bond motifs is 5. The van der Waals surface area contributed by atoms with Gasteiger partial charge in [0.15, 0.2) is 5.65 Å². The van der Waals surface area contributed by atoms with Crippen LogP contribution in [0.15, 0.2) is 6.33 Å². The highest BCUT2D eigenvalue weighted by molar-refractivity contribution is 7.19. The van der Waals surface area contributed by atoms with Gasteiger partial charge in [-0.2, -0.15) is 0 Å². The SMILES string of the molecule is C[C@@H]1CCc2sc3ncn4nc(C(=O)N5CCOCC5)nc4c3c2C1. The minimum absolute atomic E-state index is 0.127. The molecule has 0 aromatic carbocycles. The number of rotatable bonds is 1. The Morgan fingerprint density at radius 1 is 1.36 bits per heavy atom. The number of carbonyl (C=O) groups is 1. The van der Waals surface area contributed by atoms with Crippen molar-refractivity contribution < 1.29 is 9.53 Å². The summed E-state index contributed by atoms with van der Waals surface area (Å²) < 4.78 is 6.97. The molecule has 1 atom stereocenters. The number of carbonyl (C=O) groups excluding carboxylic acids is 1. The molecule has 25 heavy (non-hydrogen) atoms. The summed E-state index contributed by atoms with van der Waals surface area (Å²) in [6, 6.07) is 0. The van der Waals surface area contributed by atoms with E-state index in [1.54, 1.807) is 27.1 Å². The number of aryl methyl sites for hydroxylation is 1. The van der Waals surface area contributed by atoms with Crippen molar-refractivity contribution >= 4 is 33.1 Å². The van der Waals surface area contributed by atoms with E-state index in [1.165, 1.54) is 16.9 Å². The van der Waals surface area contributed by atoms with E-state index >= 15 is 0 Å². The molecule has 130 valence electrons. The number of amides is 1. The van der Waals surface area contributed by atoms with Crippen LogP contribution in [0.1, 0.15) is 34.4 Å². The fraction of sp³-hybridized carbons (Fsp3) is 0.529. The molecule has 1 fully saturated rings. The number of nitrogens with zero attached hydrogens (tertiary/aromatic N) is 5. The summed E-state index contributed by atoms with van der Waals surface area (Å²) in [4.78, 5) is 26.0. The van der Waals surface area contributed by atoms with Crippen LogP contribution in [-0.4, -0.2) is 56.7 Å². The first-order chi connectivity index (χ1) is 12.2. The Hall–Kier alpha value is -2.06. The fourth-order valence-corrected chi connectivity index (χ4v) is 4.92. The molecule has 3 aromatic rings. The lowest BCUT2D eigenvalue weighted by molar-refractivity contribution is 0.0295. The molecule has 1 amide bonds. The third-order valence-corrected chi connectivity index (χ3v) is 6.32. The summed E-state index contributed by atoms with van der Waals surface area (Å²) in [5.41, 5.74) is 2.11. The number of hydrogen-bond donors (Lipinski definition) is 0. The molecule has 0 unspecified atom stereocenters. The number of aromatic nitrogens is 4. The summed E-state index contributed by atoms with van der Waals surface area (Å²) in [6.45, 7) is 4.61. The highest BCUT2D eigenvalue weighted by Crippen LogP contribution is 2.38. The number of hydrogen-bond acceptors (Lipinski definition) is 6. The third-order valence-electron chi connectivity index (χ3n) is 5.12. The second-order valence-corrected chi connectivity index (χ2v) is 7.97. The minimum Gasteiger partial charge on any atom is -0.378 e. The van der Waals surface area contributed by atoms with Crippen LogP contribution in [0.2, 0.25) is 0 Å². The Bertz CT molecular complexity index is 972. The average molecular weight is 357 g/mol. The second-order valence-electron chi connectivity index (χ2n) is 6.88. The zero-order valence-electron chi connectivity index (χ0n) is 14.1. The van der Waals surface area contributed by atoms with E-state index in [0.717, 1.165) is 28.7 Å². The molecule has 1 aliphatic carbocycles. The first-order valence-electron chi connectivity index (χ1n) is 8.73. The summed E-state index contributed by atoms with van der Waals surface area (Å²) in [6.07, 6.45) is 5.06. The van der Waals surface area contributed by atoms with Gasteiger partial charge < -0.3 is 9.64 Å². The van der Waals surface area contributed by atoms with Crippen molar-refractivity contribution in [3.8, 4) is 0 Å². The van der Waals surface area contributed by atoms with Crippen LogP contribution in [0, 0.1) is 5.92 Å². The lowest BCUT2D eigenvalue weighted by Gasteiger charge is -2.25. The molecule has 3 aromatic heterocycles. The molecule has 0 N–H and O–H groups in total. The summed E-state index contributed by atoms with van der Waals surface area (Å²) in [5, 5.41) is 5.49. The topological polar surface area (TPSA) is 72.6 Å². The molecule has 7 nitrogen and oxygen atoms in total. The van der Waals surface area contributed by atoms with E-state index < -0.39 is 0 Å². The van der Waals surface area contributed by atoms with E-state index in [0.29, 0.717) is 32.2 Å². The first-order valence-corrected chi connectivity index (χ1v) is 9.55. The van der Waals surface area contributed by atoms with E-state index in [9.17, 15) is 4.79 Å². The molecule has 0 spiro atoms. The van der Waals surface area contributed by atoms with Gasteiger partial charge in [0.05, 0.1) is 18.6 Å². The zero-order valence-corrected chi connectivity index (χ0v) is 14.9. The van der Waals surface area contributed by atoms with Crippen LogP contribution < -0.4 is 0 Å². The smallest absolute Gasteiger partial charge is 0.293 e. The maximum Gasteiger partial charge on any atom is 0.293 e. The highest BCUT2D eigenvalue weighted by atomic mass is 32.1. The summed E-state index contributed by atoms with van der Waals surface area (Å²) in [5.74, 6) is 0.792. The van der Waals surface area contributed by atoms with Gasteiger partial charge >= 0.3 is 0 Å². The van der Waals surface area contributed by atoms with E-state index in [2.05, 4.69) is 22.0 Å². The maximum atomic E-state index is 12.7. The van der Waals surface area contributed by atoms with Crippen molar-refractivity contribution in [2.75, 3.05) is 26.3 Å². The van der Waals surface area contributed by atoms with Crippen LogP contribution in [0.3, 0.4) is 0 Å². The van der Waals surface area contributed by atoms with E-state index in [-0.39, 0.29) is 11.7 Å². The van der Waals surface area contributed by atoms with Crippen LogP contribution >= 0.6 is 11.3 Å². The molecule has 4 heterocycles. The monoisotopic (exact) mass is 357 g/mol. The highest BCUT2D eigenvalue weighted by Gasteiger charge is 2.26. The second kappa shape index (κ2) is 5.74. The van der Waals surface area contributed by atoms with Gasteiger partial charge in [-0.05, 0) is 30.7 Å². The molecule has 0 bridgehead atoms. The number of morpholine rings is 1. The predicted molar refractivity (Wildman–Crippen MR) is 94.1 cm³/mol. The van der Waals surface area contributed by atoms with Crippen molar-refractivity contribution in [2.24, 2.45) is 5.92 Å². The molecule has 5 rings (SSSR count). The number of thiophene rings is 1. The van der Waals surface area contributed by atoms with Gasteiger partial charge in [0.2, 0.25) is 5.82 Å². The fourth-order valence-electron chi connectivity index (χ4n) is 3.75. The normalized spacial score (nSPS) is 21.0. The molecular weight excluding hydrogens is 338 g/mol. The Balaban J connectivity index is 1.63. The molecule has 0 saturated carbocycles. The minimum atomic E-state index is -0.127. The van der Waals surface area contributed by atoms with Crippen molar-refractivity contribution in [3.05, 3.63) is 22.6 Å². The van der Waals surface area contributed by atoms with Gasteiger partial charge in [-0.1, -0.05) is 6.92 Å². The van der Waals surface area contributed by atoms with Crippen LogP contribution in [0.5, 0.6) is 0 Å². The van der Waals surface area contributed by atoms with E-state index in [4.69, 9.17) is 4.74 Å². The van der Waals surface area contributed by atoms with Crippen molar-refractivity contribution in [1.82, 2.24) is 24.5 Å². The molecule has 2 aliphatic rings. The number of ether oxygens (including phenoxy) is 1. The van der Waals surface area contributed by atoms with Crippen LogP contribution in [0.25, 0.3) is 15.9 Å². The largest absolute Gasteiger partial charge is 0.378 e. The summed E-state index contributed by atoms with van der Waals surface area (Å²) >= 11 is 1.76. The van der Waals surface area contributed by atoms with E-state index in [1.807, 2.05) is 0 Å². The van der Waals surface area contributed by atoms with Gasteiger partial charge in [-0.25, -0.2) is 14.5 Å². The van der Waals surface area contributed by atoms with Gasteiger partial charge in [0, 0.05) is 18.0 Å². The quantitative estimate of drug-likeness (QED) is 0.665. The molecule has 1 aliphatic heterocycles. The summed E-state index contributed by atoms with van der Waals surface area (Å²) in [7, 11) is 0. The molecular formula is C17H19N5O2S. The Kier molecular flexibility index (Phi) is 3.49. The average Bonchev–Trinajstić information content (AvgIpc) is 3.22. The van der Waals surface area contributed by atoms with Gasteiger partial charge in [-0.15, -0.1) is 16.4 Å². The third kappa shape index (κ3) is 2.43. The maximum absolute atomic E-state index is 12.7. The Morgan fingerprint density at radius 2 is 2.20 bits per heavy atom. The Morgan fingerprint density at radius 3 is 3.04 bits per heavy atom. The van der Waals surface area contributed by atoms with Gasteiger partial charge in [0.25, 0.3) is 5.91 Å². The Labute approximate surface area is 148 Å². The van der Waals surface area contributed by atoms with Gasteiger partial charge in [0.1, 0.15) is 11.2 Å². The van der Waals surface area contributed by atoms with Crippen LogP contribution in [0.4, 0.5) is 0 Å². The van der Waals surface area contributed by atoms with Crippen molar-refractivity contribution in [3.63, 3.8) is 0 Å². The predicted octanol–water partition coefficient (Wildman–Crippen LogP) is 1.94. The van der Waals surface area contributed by atoms with Crippen molar-refractivity contribution in [1.29, 1.82) is 0 Å². The van der Waals surface area contributed by atoms with Gasteiger partial charge in [-0.3, -0.25) is 4.79 Å². The molecule has 0 radical (unpaired) electrons. The lowest BCUT2D eigenvalue weighted by Crippen LogP contribution is -2.41. The lowest BCUT2D eigenvalue weighted by atomic mass is 9.89. The molecule has 8 heteroatoms. The standard InChI is InChI=1S/C17H19N5O2S/c1-10-2-3-12-11(8-10)13-15-19-14(17(23)21-4-6-24-7-5-21)20-22(15)9-18-16(13)25-12/h9-10H,2-8H2,1H3/t10-/m1/s1. The molecule has 1 saturated heterocycles. The zero-order chi connectivity index (χ0) is 17.0. The first kappa shape index (κ1) is 15.2. The van der Waals surface area contributed by atoms with Crippen molar-refractivity contribution in [2.45, 2.75) is 26.2 Å². The van der Waals surface area contributed by atoms with Crippen LogP contribution in [-0.2, 0) is 17.6 Å².